The number of benzene rings is 1. The minimum Gasteiger partial charge on any atom is -0.364 e. The molecule has 1 heterocycles. The molecule has 76 valence electrons. The molecule has 0 aliphatic heterocycles. The zero-order valence-electron chi connectivity index (χ0n) is 8.34. The summed E-state index contributed by atoms with van der Waals surface area (Å²) in [5, 5.41) is 4.22. The Hall–Kier alpha value is -2.10. The topological polar surface area (TPSA) is 60.9 Å². The highest BCUT2D eigenvalue weighted by Gasteiger charge is 2.11. The number of amides is 1. The molecule has 0 saturated heterocycles. The maximum absolute atomic E-state index is 11.2. The van der Waals surface area contributed by atoms with Gasteiger partial charge in [-0.15, -0.1) is 0 Å². The van der Waals surface area contributed by atoms with E-state index in [4.69, 9.17) is 5.73 Å². The Morgan fingerprint density at radius 3 is 2.60 bits per heavy atom. The Kier molecular flexibility index (Phi) is 2.25. The molecule has 0 saturated carbocycles. The van der Waals surface area contributed by atoms with Gasteiger partial charge >= 0.3 is 0 Å². The summed E-state index contributed by atoms with van der Waals surface area (Å²) in [6, 6.07) is 11.1. The molecule has 0 aliphatic rings. The predicted molar refractivity (Wildman–Crippen MR) is 56.8 cm³/mol. The smallest absolute Gasteiger partial charge is 0.267 e. The fraction of sp³-hybridized carbons (Fsp3) is 0.0909. The molecular formula is C11H11N3O. The average molecular weight is 201 g/mol. The van der Waals surface area contributed by atoms with E-state index < -0.39 is 5.91 Å². The number of hydrogen-bond acceptors (Lipinski definition) is 2. The largest absolute Gasteiger partial charge is 0.364 e. The lowest BCUT2D eigenvalue weighted by Crippen LogP contribution is -2.16. The average Bonchev–Trinajstić information content (AvgIpc) is 2.62. The van der Waals surface area contributed by atoms with Crippen LogP contribution >= 0.6 is 0 Å². The van der Waals surface area contributed by atoms with Gasteiger partial charge in [0.2, 0.25) is 0 Å². The van der Waals surface area contributed by atoms with Crippen LogP contribution in [0.15, 0.2) is 36.4 Å². The molecule has 2 rings (SSSR count). The van der Waals surface area contributed by atoms with E-state index in [0.29, 0.717) is 5.69 Å². The maximum atomic E-state index is 11.2. The van der Waals surface area contributed by atoms with E-state index in [1.54, 1.807) is 10.7 Å². The van der Waals surface area contributed by atoms with Gasteiger partial charge in [-0.05, 0) is 25.1 Å². The molecule has 0 spiro atoms. The molecule has 0 unspecified atom stereocenters. The van der Waals surface area contributed by atoms with Gasteiger partial charge in [-0.1, -0.05) is 18.2 Å². The number of para-hydroxylation sites is 1. The Balaban J connectivity index is 2.58. The van der Waals surface area contributed by atoms with Crippen LogP contribution in [0.4, 0.5) is 0 Å². The molecule has 0 aliphatic carbocycles. The standard InChI is InChI=1S/C11H11N3O/c1-8-7-10(11(12)15)14(13-8)9-5-3-2-4-6-9/h2-7H,1H3,(H2,12,15). The van der Waals surface area contributed by atoms with E-state index in [9.17, 15) is 4.79 Å². The first kappa shape index (κ1) is 9.45. The summed E-state index contributed by atoms with van der Waals surface area (Å²) in [5.74, 6) is -0.473. The first-order valence-corrected chi connectivity index (χ1v) is 4.60. The van der Waals surface area contributed by atoms with E-state index in [0.717, 1.165) is 11.4 Å². The van der Waals surface area contributed by atoms with Crippen molar-refractivity contribution in [2.45, 2.75) is 6.92 Å². The van der Waals surface area contributed by atoms with Crippen molar-refractivity contribution in [3.63, 3.8) is 0 Å². The maximum Gasteiger partial charge on any atom is 0.267 e. The van der Waals surface area contributed by atoms with Crippen LogP contribution < -0.4 is 5.73 Å². The van der Waals surface area contributed by atoms with Gasteiger partial charge in [0.25, 0.3) is 5.91 Å². The third-order valence-corrected chi connectivity index (χ3v) is 2.08. The molecular weight excluding hydrogens is 190 g/mol. The van der Waals surface area contributed by atoms with Gasteiger partial charge in [-0.3, -0.25) is 4.79 Å². The van der Waals surface area contributed by atoms with E-state index in [1.165, 1.54) is 0 Å². The molecule has 1 amide bonds. The number of carbonyl (C=O) groups excluding carboxylic acids is 1. The van der Waals surface area contributed by atoms with Crippen LogP contribution in [0.5, 0.6) is 0 Å². The van der Waals surface area contributed by atoms with Crippen molar-refractivity contribution in [1.29, 1.82) is 0 Å². The summed E-state index contributed by atoms with van der Waals surface area (Å²) in [7, 11) is 0. The molecule has 0 atom stereocenters. The molecule has 0 bridgehead atoms. The Labute approximate surface area is 87.3 Å². The Morgan fingerprint density at radius 1 is 1.33 bits per heavy atom. The number of rotatable bonds is 2. The molecule has 1 aromatic carbocycles. The zero-order chi connectivity index (χ0) is 10.8. The van der Waals surface area contributed by atoms with Crippen LogP contribution in [0.25, 0.3) is 5.69 Å². The molecule has 4 heteroatoms. The van der Waals surface area contributed by atoms with Crippen molar-refractivity contribution < 1.29 is 4.79 Å². The van der Waals surface area contributed by atoms with Gasteiger partial charge in [0.1, 0.15) is 5.69 Å². The first-order valence-electron chi connectivity index (χ1n) is 4.60. The van der Waals surface area contributed by atoms with Crippen molar-refractivity contribution in [2.24, 2.45) is 5.73 Å². The van der Waals surface area contributed by atoms with E-state index in [2.05, 4.69) is 5.10 Å². The van der Waals surface area contributed by atoms with Gasteiger partial charge in [0.15, 0.2) is 0 Å². The highest BCUT2D eigenvalue weighted by Crippen LogP contribution is 2.11. The second-order valence-corrected chi connectivity index (χ2v) is 3.28. The minimum atomic E-state index is -0.473. The van der Waals surface area contributed by atoms with Crippen molar-refractivity contribution >= 4 is 5.91 Å². The van der Waals surface area contributed by atoms with Gasteiger partial charge in [0, 0.05) is 0 Å². The number of carbonyl (C=O) groups is 1. The fourth-order valence-corrected chi connectivity index (χ4v) is 1.44. The lowest BCUT2D eigenvalue weighted by atomic mass is 10.3. The second-order valence-electron chi connectivity index (χ2n) is 3.28. The molecule has 0 radical (unpaired) electrons. The zero-order valence-corrected chi connectivity index (χ0v) is 8.34. The lowest BCUT2D eigenvalue weighted by Gasteiger charge is -2.03. The molecule has 2 aromatic rings. The number of nitrogens with two attached hydrogens (primary N) is 1. The van der Waals surface area contributed by atoms with Crippen LogP contribution in [0.3, 0.4) is 0 Å². The molecule has 4 nitrogen and oxygen atoms in total. The third-order valence-electron chi connectivity index (χ3n) is 2.08. The fourth-order valence-electron chi connectivity index (χ4n) is 1.44. The summed E-state index contributed by atoms with van der Waals surface area (Å²) in [5.41, 5.74) is 7.27. The molecule has 15 heavy (non-hydrogen) atoms. The molecule has 2 N–H and O–H groups in total. The number of nitrogens with zero attached hydrogens (tertiary/aromatic N) is 2. The monoisotopic (exact) mass is 201 g/mol. The van der Waals surface area contributed by atoms with Crippen LogP contribution in [-0.2, 0) is 0 Å². The lowest BCUT2D eigenvalue weighted by molar-refractivity contribution is 0.0993. The summed E-state index contributed by atoms with van der Waals surface area (Å²) < 4.78 is 1.55. The van der Waals surface area contributed by atoms with E-state index in [1.807, 2.05) is 37.3 Å². The van der Waals surface area contributed by atoms with Crippen LogP contribution in [0.1, 0.15) is 16.2 Å². The SMILES string of the molecule is Cc1cc(C(N)=O)n(-c2ccccc2)n1. The van der Waals surface area contributed by atoms with Crippen molar-refractivity contribution in [1.82, 2.24) is 9.78 Å². The summed E-state index contributed by atoms with van der Waals surface area (Å²) in [6.45, 7) is 1.83. The molecule has 1 aromatic heterocycles. The minimum absolute atomic E-state index is 0.402. The normalized spacial score (nSPS) is 10.2. The van der Waals surface area contributed by atoms with E-state index >= 15 is 0 Å². The van der Waals surface area contributed by atoms with Crippen LogP contribution in [-0.4, -0.2) is 15.7 Å². The highest BCUT2D eigenvalue weighted by molar-refractivity contribution is 5.91. The third kappa shape index (κ3) is 1.74. The first-order chi connectivity index (χ1) is 7.18. The number of primary amides is 1. The van der Waals surface area contributed by atoms with E-state index in [-0.39, 0.29) is 0 Å². The van der Waals surface area contributed by atoms with Gasteiger partial charge in [0.05, 0.1) is 11.4 Å². The van der Waals surface area contributed by atoms with Gasteiger partial charge in [-0.25, -0.2) is 4.68 Å². The van der Waals surface area contributed by atoms with Crippen molar-refractivity contribution in [3.8, 4) is 5.69 Å². The number of hydrogen-bond donors (Lipinski definition) is 1. The second kappa shape index (κ2) is 3.57. The Bertz CT molecular complexity index is 488. The summed E-state index contributed by atoms with van der Waals surface area (Å²) in [6.07, 6.45) is 0. The number of aromatic nitrogens is 2. The van der Waals surface area contributed by atoms with Crippen LogP contribution in [0.2, 0.25) is 0 Å². The van der Waals surface area contributed by atoms with Crippen LogP contribution in [0, 0.1) is 6.92 Å². The Morgan fingerprint density at radius 2 is 2.00 bits per heavy atom. The van der Waals surface area contributed by atoms with Crippen molar-refractivity contribution in [3.05, 3.63) is 47.8 Å². The summed E-state index contributed by atoms with van der Waals surface area (Å²) in [4.78, 5) is 11.2. The predicted octanol–water partition coefficient (Wildman–Crippen LogP) is 1.28. The van der Waals surface area contributed by atoms with Crippen molar-refractivity contribution in [2.75, 3.05) is 0 Å². The number of aryl methyl sites for hydroxylation is 1. The van der Waals surface area contributed by atoms with Gasteiger partial charge in [-0.2, -0.15) is 5.10 Å². The molecule has 0 fully saturated rings. The summed E-state index contributed by atoms with van der Waals surface area (Å²) >= 11 is 0. The van der Waals surface area contributed by atoms with Gasteiger partial charge < -0.3 is 5.73 Å². The highest BCUT2D eigenvalue weighted by atomic mass is 16.1. The quantitative estimate of drug-likeness (QED) is 0.795.